The number of carbonyl (C=O) groups is 3. The lowest BCUT2D eigenvalue weighted by Crippen LogP contribution is -2.50. The second kappa shape index (κ2) is 11.1. The summed E-state index contributed by atoms with van der Waals surface area (Å²) in [5.74, 6) is -1.50. The third-order valence-corrected chi connectivity index (χ3v) is 8.28. The van der Waals surface area contributed by atoms with Crippen LogP contribution in [-0.4, -0.2) is 55.0 Å². The van der Waals surface area contributed by atoms with Crippen LogP contribution in [0, 0.1) is 0 Å². The molecule has 0 fully saturated rings. The largest absolute Gasteiger partial charge is 0.357 e. The number of hydrogen-bond donors (Lipinski definition) is 1. The summed E-state index contributed by atoms with van der Waals surface area (Å²) >= 11 is 6.15. The van der Waals surface area contributed by atoms with E-state index >= 15 is 0 Å². The Morgan fingerprint density at radius 3 is 2.32 bits per heavy atom. The van der Waals surface area contributed by atoms with Gasteiger partial charge in [0.1, 0.15) is 10.9 Å². The third kappa shape index (κ3) is 5.68. The number of fused-ring (bicyclic) bond motifs is 1. The fraction of sp³-hybridized carbons (Fsp3) is 0.222. The average Bonchev–Trinajstić information content (AvgIpc) is 3.09. The number of sulfonamides is 1. The maximum absolute atomic E-state index is 13.6. The summed E-state index contributed by atoms with van der Waals surface area (Å²) in [6, 6.07) is 21.3. The van der Waals surface area contributed by atoms with Gasteiger partial charge in [-0.2, -0.15) is 0 Å². The fourth-order valence-electron chi connectivity index (χ4n) is 4.35. The number of hydrogen-bond acceptors (Lipinski definition) is 5. The number of benzene rings is 3. The van der Waals surface area contributed by atoms with Crippen molar-refractivity contribution in [2.24, 2.45) is 0 Å². The van der Waals surface area contributed by atoms with Crippen molar-refractivity contribution >= 4 is 39.3 Å². The average molecular weight is 540 g/mol. The summed E-state index contributed by atoms with van der Waals surface area (Å²) in [5.41, 5.74) is 1.64. The molecule has 10 heteroatoms. The monoisotopic (exact) mass is 539 g/mol. The fourth-order valence-corrected chi connectivity index (χ4v) is 6.13. The highest BCUT2D eigenvalue weighted by Gasteiger charge is 2.41. The molecule has 0 aliphatic carbocycles. The molecule has 3 aromatic carbocycles. The van der Waals surface area contributed by atoms with Gasteiger partial charge in [0, 0.05) is 38.0 Å². The molecule has 1 N–H and O–H groups in total. The molecule has 0 radical (unpaired) electrons. The van der Waals surface area contributed by atoms with Crippen molar-refractivity contribution in [1.82, 2.24) is 14.5 Å². The minimum Gasteiger partial charge on any atom is -0.357 e. The number of nitrogens with zero attached hydrogens (tertiary/aromatic N) is 2. The minimum absolute atomic E-state index is 0.0736. The van der Waals surface area contributed by atoms with Crippen LogP contribution in [0.25, 0.3) is 0 Å². The first kappa shape index (κ1) is 26.4. The molecule has 0 unspecified atom stereocenters. The van der Waals surface area contributed by atoms with Crippen LogP contribution in [0.15, 0.2) is 83.8 Å². The van der Waals surface area contributed by atoms with Crippen molar-refractivity contribution in [2.75, 3.05) is 13.6 Å². The van der Waals surface area contributed by atoms with Crippen molar-refractivity contribution in [3.05, 3.63) is 101 Å². The van der Waals surface area contributed by atoms with Gasteiger partial charge in [0.2, 0.25) is 11.8 Å². The van der Waals surface area contributed by atoms with Crippen LogP contribution in [0.4, 0.5) is 0 Å². The second-order valence-corrected chi connectivity index (χ2v) is 10.9. The molecule has 0 spiro atoms. The molecule has 0 bridgehead atoms. The first-order valence-corrected chi connectivity index (χ1v) is 13.5. The van der Waals surface area contributed by atoms with E-state index < -0.39 is 27.9 Å². The van der Waals surface area contributed by atoms with Crippen LogP contribution < -0.4 is 5.32 Å². The molecule has 1 heterocycles. The molecule has 3 aromatic rings. The lowest BCUT2D eigenvalue weighted by molar-refractivity contribution is -0.141. The molecule has 37 heavy (non-hydrogen) atoms. The van der Waals surface area contributed by atoms with Gasteiger partial charge in [-0.3, -0.25) is 14.4 Å². The highest BCUT2D eigenvalue weighted by molar-refractivity contribution is 7.90. The van der Waals surface area contributed by atoms with E-state index in [4.69, 9.17) is 11.6 Å². The number of carbonyl (C=O) groups excluding carboxylic acids is 3. The van der Waals surface area contributed by atoms with E-state index in [1.54, 1.807) is 36.4 Å². The Morgan fingerprint density at radius 2 is 1.65 bits per heavy atom. The quantitative estimate of drug-likeness (QED) is 0.449. The summed E-state index contributed by atoms with van der Waals surface area (Å²) in [4.78, 5) is 40.7. The molecule has 0 aromatic heterocycles. The van der Waals surface area contributed by atoms with Crippen LogP contribution in [0.2, 0.25) is 5.02 Å². The Morgan fingerprint density at radius 1 is 0.973 bits per heavy atom. The Bertz CT molecular complexity index is 1430. The van der Waals surface area contributed by atoms with Crippen LogP contribution in [0.5, 0.6) is 0 Å². The third-order valence-electron chi connectivity index (χ3n) is 6.20. The van der Waals surface area contributed by atoms with Crippen LogP contribution in [-0.2, 0) is 32.6 Å². The number of nitrogens with one attached hydrogen (secondary N) is 1. The zero-order chi connectivity index (χ0) is 26.6. The SMILES string of the molecule is CNC(=O)[C@@H](Cc1ccccc1)N(Cc1cccc(Cl)c1)C(=O)CCN1C(=O)c2ccccc2S1(=O)=O. The second-order valence-electron chi connectivity index (χ2n) is 8.60. The Hall–Kier alpha value is -3.69. The molecule has 4 rings (SSSR count). The molecule has 192 valence electrons. The zero-order valence-corrected chi connectivity index (χ0v) is 21.7. The number of amides is 3. The molecule has 1 atom stereocenters. The predicted molar refractivity (Wildman–Crippen MR) is 139 cm³/mol. The van der Waals surface area contributed by atoms with Crippen molar-refractivity contribution in [1.29, 1.82) is 0 Å². The topological polar surface area (TPSA) is 104 Å². The molecule has 8 nitrogen and oxygen atoms in total. The highest BCUT2D eigenvalue weighted by Crippen LogP contribution is 2.30. The normalized spacial score (nSPS) is 14.6. The Labute approximate surface area is 220 Å². The lowest BCUT2D eigenvalue weighted by Gasteiger charge is -2.31. The van der Waals surface area contributed by atoms with E-state index in [-0.39, 0.29) is 42.3 Å². The van der Waals surface area contributed by atoms with E-state index in [2.05, 4.69) is 5.32 Å². The summed E-state index contributed by atoms with van der Waals surface area (Å²) in [7, 11) is -2.56. The maximum Gasteiger partial charge on any atom is 0.269 e. The van der Waals surface area contributed by atoms with Crippen LogP contribution in [0.1, 0.15) is 27.9 Å². The molecule has 1 aliphatic rings. The minimum atomic E-state index is -4.05. The first-order valence-electron chi connectivity index (χ1n) is 11.7. The van der Waals surface area contributed by atoms with Gasteiger partial charge in [-0.1, -0.05) is 66.2 Å². The number of likely N-dealkylation sites (N-methyl/N-ethyl adjacent to an activating group) is 1. The molecule has 1 aliphatic heterocycles. The molecular weight excluding hydrogens is 514 g/mol. The summed E-state index contributed by atoms with van der Waals surface area (Å²) < 4.78 is 26.6. The first-order chi connectivity index (χ1) is 17.7. The van der Waals surface area contributed by atoms with Gasteiger partial charge in [0.05, 0.1) is 5.56 Å². The van der Waals surface area contributed by atoms with Crippen LogP contribution >= 0.6 is 11.6 Å². The van der Waals surface area contributed by atoms with E-state index in [1.807, 2.05) is 30.3 Å². The van der Waals surface area contributed by atoms with Crippen LogP contribution in [0.3, 0.4) is 0 Å². The van der Waals surface area contributed by atoms with E-state index in [0.29, 0.717) is 10.6 Å². The van der Waals surface area contributed by atoms with E-state index in [9.17, 15) is 22.8 Å². The smallest absolute Gasteiger partial charge is 0.269 e. The Kier molecular flexibility index (Phi) is 7.94. The van der Waals surface area contributed by atoms with Crippen molar-refractivity contribution < 1.29 is 22.8 Å². The zero-order valence-electron chi connectivity index (χ0n) is 20.1. The predicted octanol–water partition coefficient (Wildman–Crippen LogP) is 3.26. The van der Waals surface area contributed by atoms with Gasteiger partial charge in [0.25, 0.3) is 15.9 Å². The van der Waals surface area contributed by atoms with Gasteiger partial charge < -0.3 is 10.2 Å². The van der Waals surface area contributed by atoms with Gasteiger partial charge in [-0.05, 0) is 35.4 Å². The molecule has 3 amide bonds. The van der Waals surface area contributed by atoms with Gasteiger partial charge in [-0.25, -0.2) is 12.7 Å². The lowest BCUT2D eigenvalue weighted by atomic mass is 10.0. The highest BCUT2D eigenvalue weighted by atomic mass is 35.5. The summed E-state index contributed by atoms with van der Waals surface area (Å²) in [6.07, 6.45) is -0.0407. The maximum atomic E-state index is 13.6. The molecule has 0 saturated heterocycles. The summed E-state index contributed by atoms with van der Waals surface area (Å²) in [5, 5.41) is 3.11. The van der Waals surface area contributed by atoms with E-state index in [1.165, 1.54) is 24.1 Å². The van der Waals surface area contributed by atoms with Gasteiger partial charge in [-0.15, -0.1) is 0 Å². The summed E-state index contributed by atoms with van der Waals surface area (Å²) in [6.45, 7) is -0.266. The standard InChI is InChI=1S/C27H26ClN3O5S/c1-29-26(33)23(17-19-8-3-2-4-9-19)30(18-20-10-7-11-21(28)16-20)25(32)14-15-31-27(34)22-12-5-6-13-24(22)37(31,35)36/h2-13,16,23H,14-15,17-18H2,1H3,(H,29,33)/t23-/m1/s1. The van der Waals surface area contributed by atoms with Crippen molar-refractivity contribution in [3.63, 3.8) is 0 Å². The van der Waals surface area contributed by atoms with Gasteiger partial charge in [0.15, 0.2) is 0 Å². The number of rotatable bonds is 9. The van der Waals surface area contributed by atoms with Crippen molar-refractivity contribution in [2.45, 2.75) is 30.3 Å². The van der Waals surface area contributed by atoms with Gasteiger partial charge >= 0.3 is 0 Å². The Balaban J connectivity index is 1.61. The van der Waals surface area contributed by atoms with Crippen molar-refractivity contribution in [3.8, 4) is 0 Å². The molecule has 0 saturated carbocycles. The molecular formula is C27H26ClN3O5S. The van der Waals surface area contributed by atoms with E-state index in [0.717, 1.165) is 9.87 Å². The number of halogens is 1.